The van der Waals surface area contributed by atoms with Crippen LogP contribution in [0.25, 0.3) is 17.0 Å². The quantitative estimate of drug-likeness (QED) is 0.583. The molecule has 1 fully saturated rings. The number of aromatic nitrogens is 2. The summed E-state index contributed by atoms with van der Waals surface area (Å²) in [6, 6.07) is 13.0. The van der Waals surface area contributed by atoms with Gasteiger partial charge in [-0.1, -0.05) is 35.0 Å². The van der Waals surface area contributed by atoms with Crippen LogP contribution in [0.4, 0.5) is 4.79 Å². The van der Waals surface area contributed by atoms with E-state index < -0.39 is 6.04 Å². The van der Waals surface area contributed by atoms with Gasteiger partial charge in [0.25, 0.3) is 5.89 Å². The van der Waals surface area contributed by atoms with Crippen molar-refractivity contribution in [3.05, 3.63) is 65.2 Å². The number of hydrogen-bond acceptors (Lipinski definition) is 7. The number of fused-ring (bicyclic) bond motifs is 1. The fraction of sp³-hybridized carbons (Fsp3) is 0.346. The van der Waals surface area contributed by atoms with E-state index in [0.29, 0.717) is 29.8 Å². The average molecular weight is 475 g/mol. The molecule has 0 saturated carbocycles. The number of rotatable bonds is 5. The van der Waals surface area contributed by atoms with Crippen molar-refractivity contribution in [3.63, 3.8) is 0 Å². The van der Waals surface area contributed by atoms with E-state index in [1.54, 1.807) is 4.90 Å². The summed E-state index contributed by atoms with van der Waals surface area (Å²) in [4.78, 5) is 19.6. The van der Waals surface area contributed by atoms with Crippen molar-refractivity contribution in [1.29, 1.82) is 0 Å². The first-order valence-electron chi connectivity index (χ1n) is 11.8. The number of urea groups is 1. The van der Waals surface area contributed by atoms with Gasteiger partial charge in [-0.05, 0) is 50.5 Å². The van der Waals surface area contributed by atoms with E-state index >= 15 is 0 Å². The molecule has 4 heterocycles. The average Bonchev–Trinajstić information content (AvgIpc) is 3.63. The molecule has 2 amide bonds. The number of nitrogens with one attached hydrogen (secondary N) is 1. The van der Waals surface area contributed by atoms with Crippen LogP contribution in [-0.2, 0) is 4.74 Å². The molecular weight excluding hydrogens is 448 g/mol. The van der Waals surface area contributed by atoms with Gasteiger partial charge >= 0.3 is 6.03 Å². The second-order valence-electron chi connectivity index (χ2n) is 9.03. The number of nitrogens with zero attached hydrogens (tertiary/aromatic N) is 3. The largest absolute Gasteiger partial charge is 0.454 e. The van der Waals surface area contributed by atoms with Crippen molar-refractivity contribution >= 4 is 11.6 Å². The summed E-state index contributed by atoms with van der Waals surface area (Å²) in [5, 5.41) is 7.39. The minimum atomic E-state index is -0.422. The van der Waals surface area contributed by atoms with Crippen LogP contribution in [0.15, 0.2) is 52.7 Å². The van der Waals surface area contributed by atoms with Crippen molar-refractivity contribution in [2.45, 2.75) is 38.8 Å². The van der Waals surface area contributed by atoms with E-state index in [1.165, 1.54) is 0 Å². The van der Waals surface area contributed by atoms with Gasteiger partial charge in [-0.3, -0.25) is 4.90 Å². The summed E-state index contributed by atoms with van der Waals surface area (Å²) < 4.78 is 22.5. The van der Waals surface area contributed by atoms with Crippen LogP contribution in [-0.4, -0.2) is 47.1 Å². The van der Waals surface area contributed by atoms with Crippen molar-refractivity contribution in [1.82, 2.24) is 20.4 Å². The molecule has 2 aromatic carbocycles. The molecule has 2 atom stereocenters. The van der Waals surface area contributed by atoms with Gasteiger partial charge < -0.3 is 24.1 Å². The molecule has 1 aromatic heterocycles. The maximum absolute atomic E-state index is 13.2. The van der Waals surface area contributed by atoms with E-state index in [0.717, 1.165) is 47.4 Å². The molecule has 1 saturated heterocycles. The highest BCUT2D eigenvalue weighted by molar-refractivity contribution is 5.87. The van der Waals surface area contributed by atoms with Gasteiger partial charge in [0.05, 0.1) is 24.3 Å². The van der Waals surface area contributed by atoms with E-state index in [-0.39, 0.29) is 18.9 Å². The summed E-state index contributed by atoms with van der Waals surface area (Å²) in [6.45, 7) is 5.36. The lowest BCUT2D eigenvalue weighted by Gasteiger charge is -2.36. The van der Waals surface area contributed by atoms with Crippen LogP contribution in [0, 0.1) is 6.92 Å². The molecule has 3 aliphatic rings. The van der Waals surface area contributed by atoms with E-state index in [1.807, 2.05) is 56.3 Å². The number of benzene rings is 2. The van der Waals surface area contributed by atoms with Crippen molar-refractivity contribution in [3.8, 4) is 22.9 Å². The van der Waals surface area contributed by atoms with E-state index in [4.69, 9.17) is 23.7 Å². The highest BCUT2D eigenvalue weighted by Crippen LogP contribution is 2.39. The third kappa shape index (κ3) is 4.01. The van der Waals surface area contributed by atoms with Crippen molar-refractivity contribution in [2.75, 3.05) is 19.9 Å². The van der Waals surface area contributed by atoms with Gasteiger partial charge in [0, 0.05) is 17.9 Å². The van der Waals surface area contributed by atoms with Gasteiger partial charge in [0.2, 0.25) is 12.6 Å². The molecule has 0 aliphatic carbocycles. The smallest absolute Gasteiger partial charge is 0.322 e. The molecule has 3 aromatic rings. The number of aryl methyl sites for hydroxylation is 1. The monoisotopic (exact) mass is 474 g/mol. The van der Waals surface area contributed by atoms with Crippen LogP contribution in [0.5, 0.6) is 11.5 Å². The summed E-state index contributed by atoms with van der Waals surface area (Å²) in [5.41, 5.74) is 4.38. The Hall–Kier alpha value is -3.85. The fourth-order valence-electron chi connectivity index (χ4n) is 4.76. The van der Waals surface area contributed by atoms with Gasteiger partial charge in [0.1, 0.15) is 0 Å². The van der Waals surface area contributed by atoms with Crippen LogP contribution in [0.1, 0.15) is 42.8 Å². The standard InChI is InChI=1S/C26H26N4O5/c1-15-5-7-17(8-6-15)23-22(16(2)30(26(31)27-23)13-19-4-3-11-32-19)25-28-24(29-35-25)18-9-10-20-21(12-18)34-14-33-20/h5-10,12,19,23H,3-4,11,13-14H2,1-2H3,(H,27,31). The predicted molar refractivity (Wildman–Crippen MR) is 127 cm³/mol. The molecule has 3 aliphatic heterocycles. The molecule has 0 spiro atoms. The molecule has 1 N–H and O–H groups in total. The van der Waals surface area contributed by atoms with Gasteiger partial charge in [0.15, 0.2) is 11.5 Å². The third-order valence-electron chi connectivity index (χ3n) is 6.70. The summed E-state index contributed by atoms with van der Waals surface area (Å²) in [6.07, 6.45) is 1.95. The van der Waals surface area contributed by atoms with E-state index in [2.05, 4.69) is 10.5 Å². The SMILES string of the molecule is CC1=C(c2nc(-c3ccc4c(c3)OCO4)no2)C(c2ccc(C)cc2)NC(=O)N1CC1CCCO1. The summed E-state index contributed by atoms with van der Waals surface area (Å²) in [5.74, 6) is 2.13. The molecule has 35 heavy (non-hydrogen) atoms. The maximum Gasteiger partial charge on any atom is 0.322 e. The molecule has 0 radical (unpaired) electrons. The Balaban J connectivity index is 1.40. The lowest BCUT2D eigenvalue weighted by molar-refractivity contribution is 0.0877. The Morgan fingerprint density at radius 2 is 1.91 bits per heavy atom. The minimum Gasteiger partial charge on any atom is -0.454 e. The van der Waals surface area contributed by atoms with E-state index in [9.17, 15) is 4.79 Å². The molecule has 9 heteroatoms. The molecule has 180 valence electrons. The Labute approximate surface area is 202 Å². The predicted octanol–water partition coefficient (Wildman–Crippen LogP) is 4.45. The third-order valence-corrected chi connectivity index (χ3v) is 6.70. The topological polar surface area (TPSA) is 98.9 Å². The number of carbonyl (C=O) groups excluding carboxylic acids is 1. The van der Waals surface area contributed by atoms with Crippen LogP contribution in [0.2, 0.25) is 0 Å². The lowest BCUT2D eigenvalue weighted by Crippen LogP contribution is -2.48. The molecule has 6 rings (SSSR count). The van der Waals surface area contributed by atoms with Crippen LogP contribution in [0.3, 0.4) is 0 Å². The number of allylic oxidation sites excluding steroid dienone is 1. The molecule has 9 nitrogen and oxygen atoms in total. The van der Waals surface area contributed by atoms with Crippen molar-refractivity contribution < 1.29 is 23.5 Å². The summed E-state index contributed by atoms with van der Waals surface area (Å²) >= 11 is 0. The Morgan fingerprint density at radius 3 is 2.71 bits per heavy atom. The highest BCUT2D eigenvalue weighted by atomic mass is 16.7. The highest BCUT2D eigenvalue weighted by Gasteiger charge is 2.37. The summed E-state index contributed by atoms with van der Waals surface area (Å²) in [7, 11) is 0. The first-order valence-corrected chi connectivity index (χ1v) is 11.8. The van der Waals surface area contributed by atoms with Gasteiger partial charge in [-0.2, -0.15) is 4.98 Å². The number of amides is 2. The van der Waals surface area contributed by atoms with Crippen LogP contribution < -0.4 is 14.8 Å². The van der Waals surface area contributed by atoms with Crippen LogP contribution >= 0.6 is 0 Å². The Kier molecular flexibility index (Phi) is 5.41. The van der Waals surface area contributed by atoms with Crippen molar-refractivity contribution in [2.24, 2.45) is 0 Å². The Morgan fingerprint density at radius 1 is 1.09 bits per heavy atom. The molecular formula is C26H26N4O5. The van der Waals surface area contributed by atoms with Gasteiger partial charge in [-0.25, -0.2) is 4.79 Å². The normalized spacial score (nSPS) is 21.5. The zero-order valence-electron chi connectivity index (χ0n) is 19.6. The first-order chi connectivity index (χ1) is 17.1. The lowest BCUT2D eigenvalue weighted by atomic mass is 9.94. The zero-order valence-corrected chi connectivity index (χ0v) is 19.6. The zero-order chi connectivity index (χ0) is 23.9. The fourth-order valence-corrected chi connectivity index (χ4v) is 4.76. The maximum atomic E-state index is 13.2. The first kappa shape index (κ1) is 21.7. The number of carbonyl (C=O) groups is 1. The number of hydrogen-bond donors (Lipinski definition) is 1. The number of ether oxygens (including phenoxy) is 3. The second-order valence-corrected chi connectivity index (χ2v) is 9.03. The second kappa shape index (κ2) is 8.74. The molecule has 2 unspecified atom stereocenters. The van der Waals surface area contributed by atoms with Gasteiger partial charge in [-0.15, -0.1) is 0 Å². The Bertz CT molecular complexity index is 1290. The minimum absolute atomic E-state index is 0.0137. The molecule has 0 bridgehead atoms.